The Balaban J connectivity index is 1.77. The zero-order chi connectivity index (χ0) is 21.3. The Bertz CT molecular complexity index is 1100. The monoisotopic (exact) mass is 400 g/mol. The van der Waals surface area contributed by atoms with E-state index in [4.69, 9.17) is 16.3 Å². The molecule has 6 nitrogen and oxygen atoms in total. The van der Waals surface area contributed by atoms with Crippen LogP contribution in [0.4, 0.5) is 4.79 Å². The fourth-order valence-corrected chi connectivity index (χ4v) is 3.55. The Morgan fingerprint density at radius 3 is 2.40 bits per heavy atom. The van der Waals surface area contributed by atoms with Gasteiger partial charge < -0.3 is 9.64 Å². The first-order chi connectivity index (χ1) is 14.4. The summed E-state index contributed by atoms with van der Waals surface area (Å²) in [5.41, 5.74) is 5.12. The molecule has 4 rings (SSSR count). The molecule has 0 bridgehead atoms. The van der Waals surface area contributed by atoms with E-state index in [1.54, 1.807) is 17.3 Å². The number of terminal acetylenes is 1. The van der Waals surface area contributed by atoms with Crippen LogP contribution in [0.5, 0.6) is 0 Å². The summed E-state index contributed by atoms with van der Waals surface area (Å²) in [6.45, 7) is 7.21. The SMILES string of the molecule is C#Cc1ccc(-c2nn3c(c2-c2ccncc2)CN(C(=O)OC(C)(C)C)CC3)cc1. The van der Waals surface area contributed by atoms with Gasteiger partial charge in [0.25, 0.3) is 0 Å². The molecule has 6 heteroatoms. The molecule has 0 aliphatic carbocycles. The molecule has 0 saturated heterocycles. The van der Waals surface area contributed by atoms with E-state index in [1.165, 1.54) is 0 Å². The van der Waals surface area contributed by atoms with Gasteiger partial charge in [0.1, 0.15) is 11.3 Å². The molecule has 0 atom stereocenters. The van der Waals surface area contributed by atoms with Crippen molar-refractivity contribution in [3.8, 4) is 34.7 Å². The van der Waals surface area contributed by atoms with Crippen LogP contribution < -0.4 is 0 Å². The van der Waals surface area contributed by atoms with Crippen molar-refractivity contribution >= 4 is 6.09 Å². The fraction of sp³-hybridized carbons (Fsp3) is 0.292. The summed E-state index contributed by atoms with van der Waals surface area (Å²) >= 11 is 0. The van der Waals surface area contributed by atoms with Crippen LogP contribution in [-0.2, 0) is 17.8 Å². The smallest absolute Gasteiger partial charge is 0.410 e. The van der Waals surface area contributed by atoms with Crippen LogP contribution in [0.1, 0.15) is 32.0 Å². The number of rotatable bonds is 2. The molecule has 1 amide bonds. The molecule has 0 spiro atoms. The molecule has 0 fully saturated rings. The molecular weight excluding hydrogens is 376 g/mol. The number of ether oxygens (including phenoxy) is 1. The highest BCUT2D eigenvalue weighted by molar-refractivity contribution is 5.83. The highest BCUT2D eigenvalue weighted by atomic mass is 16.6. The van der Waals surface area contributed by atoms with E-state index < -0.39 is 5.60 Å². The summed E-state index contributed by atoms with van der Waals surface area (Å²) in [6, 6.07) is 11.7. The summed E-state index contributed by atoms with van der Waals surface area (Å²) in [6.07, 6.45) is 8.72. The first-order valence-electron chi connectivity index (χ1n) is 9.91. The molecular formula is C24H24N4O2. The summed E-state index contributed by atoms with van der Waals surface area (Å²) < 4.78 is 7.57. The molecule has 0 N–H and O–H groups in total. The van der Waals surface area contributed by atoms with Crippen molar-refractivity contribution in [2.24, 2.45) is 0 Å². The number of benzene rings is 1. The van der Waals surface area contributed by atoms with Gasteiger partial charge in [0.2, 0.25) is 0 Å². The molecule has 1 aliphatic heterocycles. The predicted molar refractivity (Wildman–Crippen MR) is 115 cm³/mol. The van der Waals surface area contributed by atoms with Crippen molar-refractivity contribution < 1.29 is 9.53 Å². The quantitative estimate of drug-likeness (QED) is 0.600. The third-order valence-electron chi connectivity index (χ3n) is 4.93. The van der Waals surface area contributed by atoms with Gasteiger partial charge in [-0.1, -0.05) is 18.1 Å². The van der Waals surface area contributed by atoms with Crippen LogP contribution in [0, 0.1) is 12.3 Å². The Hall–Kier alpha value is -3.59. The van der Waals surface area contributed by atoms with Gasteiger partial charge in [-0.2, -0.15) is 5.10 Å². The van der Waals surface area contributed by atoms with Gasteiger partial charge in [-0.3, -0.25) is 9.67 Å². The van der Waals surface area contributed by atoms with Crippen molar-refractivity contribution in [3.63, 3.8) is 0 Å². The minimum Gasteiger partial charge on any atom is -0.444 e. The van der Waals surface area contributed by atoms with E-state index in [9.17, 15) is 4.79 Å². The van der Waals surface area contributed by atoms with Crippen LogP contribution in [0.15, 0.2) is 48.8 Å². The molecule has 0 radical (unpaired) electrons. The predicted octanol–water partition coefficient (Wildman–Crippen LogP) is 4.34. The van der Waals surface area contributed by atoms with Crippen molar-refractivity contribution in [1.29, 1.82) is 0 Å². The molecule has 2 aromatic heterocycles. The highest BCUT2D eigenvalue weighted by Gasteiger charge is 2.30. The molecule has 30 heavy (non-hydrogen) atoms. The third-order valence-corrected chi connectivity index (χ3v) is 4.93. The largest absolute Gasteiger partial charge is 0.444 e. The lowest BCUT2D eigenvalue weighted by molar-refractivity contribution is 0.0195. The lowest BCUT2D eigenvalue weighted by Crippen LogP contribution is -2.41. The number of fused-ring (bicyclic) bond motifs is 1. The summed E-state index contributed by atoms with van der Waals surface area (Å²) in [5.74, 6) is 2.65. The third kappa shape index (κ3) is 3.92. The maximum absolute atomic E-state index is 12.7. The number of nitrogens with zero attached hydrogens (tertiary/aromatic N) is 4. The summed E-state index contributed by atoms with van der Waals surface area (Å²) in [7, 11) is 0. The van der Waals surface area contributed by atoms with Gasteiger partial charge in [-0.15, -0.1) is 6.42 Å². The standard InChI is InChI=1S/C24H24N4O2/c1-5-17-6-8-19(9-7-17)22-21(18-10-12-25-13-11-18)20-16-27(14-15-28(20)26-22)23(29)30-24(2,3)4/h1,6-13H,14-16H2,2-4H3. The van der Waals surface area contributed by atoms with Crippen LogP contribution in [-0.4, -0.2) is 37.9 Å². The number of carbonyl (C=O) groups excluding carboxylic acids is 1. The average Bonchev–Trinajstić information content (AvgIpc) is 3.12. The van der Waals surface area contributed by atoms with E-state index >= 15 is 0 Å². The van der Waals surface area contributed by atoms with E-state index in [1.807, 2.05) is 61.9 Å². The number of amides is 1. The second-order valence-electron chi connectivity index (χ2n) is 8.25. The minimum atomic E-state index is -0.535. The number of hydrogen-bond donors (Lipinski definition) is 0. The van der Waals surface area contributed by atoms with E-state index in [-0.39, 0.29) is 6.09 Å². The Kier molecular flexibility index (Phi) is 5.04. The van der Waals surface area contributed by atoms with Crippen molar-refractivity contribution in [2.45, 2.75) is 39.5 Å². The van der Waals surface area contributed by atoms with Crippen molar-refractivity contribution in [3.05, 3.63) is 60.0 Å². The fourth-order valence-electron chi connectivity index (χ4n) is 3.55. The zero-order valence-electron chi connectivity index (χ0n) is 17.4. The molecule has 3 heterocycles. The average molecular weight is 400 g/mol. The first-order valence-corrected chi connectivity index (χ1v) is 9.91. The van der Waals surface area contributed by atoms with Gasteiger partial charge >= 0.3 is 6.09 Å². The van der Waals surface area contributed by atoms with Crippen LogP contribution in [0.25, 0.3) is 22.4 Å². The molecule has 0 unspecified atom stereocenters. The first kappa shape index (κ1) is 19.7. The second kappa shape index (κ2) is 7.68. The van der Waals surface area contributed by atoms with Crippen LogP contribution in [0.2, 0.25) is 0 Å². The Morgan fingerprint density at radius 2 is 1.77 bits per heavy atom. The summed E-state index contributed by atoms with van der Waals surface area (Å²) in [5, 5.41) is 4.89. The number of carbonyl (C=O) groups is 1. The van der Waals surface area contributed by atoms with Crippen LogP contribution in [0.3, 0.4) is 0 Å². The zero-order valence-corrected chi connectivity index (χ0v) is 17.4. The van der Waals surface area contributed by atoms with E-state index in [2.05, 4.69) is 10.9 Å². The van der Waals surface area contributed by atoms with Gasteiger partial charge in [0.05, 0.1) is 18.8 Å². The van der Waals surface area contributed by atoms with E-state index in [0.29, 0.717) is 19.6 Å². The molecule has 0 saturated carbocycles. The van der Waals surface area contributed by atoms with Gasteiger partial charge in [0.15, 0.2) is 0 Å². The van der Waals surface area contributed by atoms with Crippen molar-refractivity contribution in [1.82, 2.24) is 19.7 Å². The maximum Gasteiger partial charge on any atom is 0.410 e. The normalized spacial score (nSPS) is 13.5. The van der Waals surface area contributed by atoms with Gasteiger partial charge in [-0.05, 0) is 50.6 Å². The number of aromatic nitrogens is 3. The van der Waals surface area contributed by atoms with Gasteiger partial charge in [0, 0.05) is 35.6 Å². The topological polar surface area (TPSA) is 60.2 Å². The highest BCUT2D eigenvalue weighted by Crippen LogP contribution is 2.36. The van der Waals surface area contributed by atoms with Gasteiger partial charge in [-0.25, -0.2) is 4.79 Å². The lowest BCUT2D eigenvalue weighted by atomic mass is 9.98. The second-order valence-corrected chi connectivity index (χ2v) is 8.25. The number of hydrogen-bond acceptors (Lipinski definition) is 4. The Labute approximate surface area is 176 Å². The van der Waals surface area contributed by atoms with Crippen LogP contribution >= 0.6 is 0 Å². The molecule has 3 aromatic rings. The molecule has 152 valence electrons. The molecule has 1 aromatic carbocycles. The minimum absolute atomic E-state index is 0.310. The lowest BCUT2D eigenvalue weighted by Gasteiger charge is -2.30. The van der Waals surface area contributed by atoms with E-state index in [0.717, 1.165) is 33.6 Å². The van der Waals surface area contributed by atoms with Crippen molar-refractivity contribution in [2.75, 3.05) is 6.54 Å². The summed E-state index contributed by atoms with van der Waals surface area (Å²) in [4.78, 5) is 18.5. The number of pyridine rings is 1. The maximum atomic E-state index is 12.7. The Morgan fingerprint density at radius 1 is 1.07 bits per heavy atom. The molecule has 1 aliphatic rings.